The van der Waals surface area contributed by atoms with Crippen molar-refractivity contribution in [2.45, 2.75) is 52.0 Å². The van der Waals surface area contributed by atoms with Crippen LogP contribution in [0.25, 0.3) is 11.0 Å². The van der Waals surface area contributed by atoms with Crippen molar-refractivity contribution >= 4 is 27.0 Å². The van der Waals surface area contributed by atoms with Gasteiger partial charge in [-0.15, -0.1) is 0 Å². The van der Waals surface area contributed by atoms with Crippen molar-refractivity contribution in [2.75, 3.05) is 19.6 Å². The van der Waals surface area contributed by atoms with Crippen molar-refractivity contribution < 1.29 is 13.2 Å². The van der Waals surface area contributed by atoms with Crippen LogP contribution in [0.3, 0.4) is 0 Å². The summed E-state index contributed by atoms with van der Waals surface area (Å²) in [5.74, 6) is 0.790. The van der Waals surface area contributed by atoms with Gasteiger partial charge in [0.2, 0.25) is 15.9 Å². The highest BCUT2D eigenvalue weighted by atomic mass is 32.2. The molecule has 144 valence electrons. The first-order valence-corrected chi connectivity index (χ1v) is 10.6. The number of sulfonamides is 1. The number of imidazole rings is 1. The SMILES string of the molecule is CCNC(=O)CCc1nc2cc(S(=O)(=O)N(CC)CC)ccc2n1CC. The first kappa shape index (κ1) is 20.4. The number of amides is 1. The molecular formula is C18H28N4O3S. The van der Waals surface area contributed by atoms with Gasteiger partial charge >= 0.3 is 0 Å². The van der Waals surface area contributed by atoms with Gasteiger partial charge in [-0.1, -0.05) is 13.8 Å². The van der Waals surface area contributed by atoms with Crippen LogP contribution in [0.5, 0.6) is 0 Å². The van der Waals surface area contributed by atoms with Gasteiger partial charge in [-0.3, -0.25) is 4.79 Å². The Morgan fingerprint density at radius 3 is 2.46 bits per heavy atom. The van der Waals surface area contributed by atoms with E-state index in [0.717, 1.165) is 11.3 Å². The molecule has 0 aliphatic heterocycles. The number of nitrogens with one attached hydrogen (secondary N) is 1. The highest BCUT2D eigenvalue weighted by Crippen LogP contribution is 2.23. The molecule has 8 heteroatoms. The van der Waals surface area contributed by atoms with Crippen LogP contribution in [0.4, 0.5) is 0 Å². The summed E-state index contributed by atoms with van der Waals surface area (Å²) in [7, 11) is -3.52. The summed E-state index contributed by atoms with van der Waals surface area (Å²) >= 11 is 0. The van der Waals surface area contributed by atoms with Gasteiger partial charge < -0.3 is 9.88 Å². The quantitative estimate of drug-likeness (QED) is 0.722. The standard InChI is InChI=1S/C18H28N4O3S/c1-5-19-18(23)12-11-17-20-15-13-14(9-10-16(15)22(17)8-4)26(24,25)21(6-2)7-3/h9-10,13H,5-8,11-12H2,1-4H3,(H,19,23). The minimum atomic E-state index is -3.52. The van der Waals surface area contributed by atoms with Gasteiger partial charge in [0.25, 0.3) is 0 Å². The van der Waals surface area contributed by atoms with Crippen LogP contribution >= 0.6 is 0 Å². The molecule has 0 spiro atoms. The highest BCUT2D eigenvalue weighted by molar-refractivity contribution is 7.89. The highest BCUT2D eigenvalue weighted by Gasteiger charge is 2.23. The van der Waals surface area contributed by atoms with Crippen molar-refractivity contribution in [3.63, 3.8) is 0 Å². The molecule has 0 aliphatic rings. The maximum atomic E-state index is 12.7. The lowest BCUT2D eigenvalue weighted by molar-refractivity contribution is -0.120. The van der Waals surface area contributed by atoms with Gasteiger partial charge in [0.1, 0.15) is 5.82 Å². The lowest BCUT2D eigenvalue weighted by Gasteiger charge is -2.18. The maximum absolute atomic E-state index is 12.7. The first-order valence-electron chi connectivity index (χ1n) is 9.14. The Labute approximate surface area is 155 Å². The largest absolute Gasteiger partial charge is 0.356 e. The lowest BCUT2D eigenvalue weighted by atomic mass is 10.3. The number of carbonyl (C=O) groups is 1. The number of hydrogen-bond acceptors (Lipinski definition) is 4. The van der Waals surface area contributed by atoms with Crippen LogP contribution < -0.4 is 5.32 Å². The Morgan fingerprint density at radius 1 is 1.19 bits per heavy atom. The minimum Gasteiger partial charge on any atom is -0.356 e. The zero-order valence-corrected chi connectivity index (χ0v) is 16.8. The van der Waals surface area contributed by atoms with E-state index in [4.69, 9.17) is 0 Å². The van der Waals surface area contributed by atoms with Gasteiger partial charge in [-0.25, -0.2) is 13.4 Å². The molecule has 2 rings (SSSR count). The zero-order chi connectivity index (χ0) is 19.3. The second-order valence-electron chi connectivity index (χ2n) is 5.97. The fraction of sp³-hybridized carbons (Fsp3) is 0.556. The molecule has 1 aromatic heterocycles. The average Bonchev–Trinajstić information content (AvgIpc) is 2.97. The smallest absolute Gasteiger partial charge is 0.243 e. The summed E-state index contributed by atoms with van der Waals surface area (Å²) < 4.78 is 28.9. The summed E-state index contributed by atoms with van der Waals surface area (Å²) in [6.07, 6.45) is 0.883. The van der Waals surface area contributed by atoms with Gasteiger partial charge in [0.05, 0.1) is 15.9 Å². The van der Waals surface area contributed by atoms with Crippen LogP contribution in [0.2, 0.25) is 0 Å². The van der Waals surface area contributed by atoms with Gasteiger partial charge in [-0.05, 0) is 32.0 Å². The van der Waals surface area contributed by atoms with E-state index in [1.807, 2.05) is 32.3 Å². The van der Waals surface area contributed by atoms with Crippen molar-refractivity contribution in [2.24, 2.45) is 0 Å². The molecule has 1 amide bonds. The molecule has 1 aromatic carbocycles. The summed E-state index contributed by atoms with van der Waals surface area (Å²) in [6.45, 7) is 9.72. The Kier molecular flexibility index (Phi) is 6.77. The van der Waals surface area contributed by atoms with Crippen molar-refractivity contribution in [3.05, 3.63) is 24.0 Å². The van der Waals surface area contributed by atoms with E-state index < -0.39 is 10.0 Å². The molecular weight excluding hydrogens is 352 g/mol. The topological polar surface area (TPSA) is 84.3 Å². The summed E-state index contributed by atoms with van der Waals surface area (Å²) in [5.41, 5.74) is 1.53. The summed E-state index contributed by atoms with van der Waals surface area (Å²) in [5, 5.41) is 2.78. The van der Waals surface area contributed by atoms with Crippen molar-refractivity contribution in [1.82, 2.24) is 19.2 Å². The minimum absolute atomic E-state index is 0.00740. The number of aromatic nitrogens is 2. The average molecular weight is 381 g/mol. The van der Waals surface area contributed by atoms with E-state index in [9.17, 15) is 13.2 Å². The number of benzene rings is 1. The Morgan fingerprint density at radius 2 is 1.88 bits per heavy atom. The maximum Gasteiger partial charge on any atom is 0.243 e. The fourth-order valence-electron chi connectivity index (χ4n) is 3.09. The Bertz CT molecular complexity index is 870. The zero-order valence-electron chi connectivity index (χ0n) is 15.9. The number of hydrogen-bond donors (Lipinski definition) is 1. The van der Waals surface area contributed by atoms with Crippen LogP contribution in [-0.2, 0) is 27.8 Å². The third-order valence-corrected chi connectivity index (χ3v) is 6.45. The molecule has 0 unspecified atom stereocenters. The predicted octanol–water partition coefficient (Wildman–Crippen LogP) is 2.16. The summed E-state index contributed by atoms with van der Waals surface area (Å²) in [4.78, 5) is 16.6. The van der Waals surface area contributed by atoms with E-state index in [1.165, 1.54) is 4.31 Å². The van der Waals surface area contributed by atoms with Crippen LogP contribution in [0.15, 0.2) is 23.1 Å². The number of nitrogens with zero attached hydrogens (tertiary/aromatic N) is 3. The Hall–Kier alpha value is -1.93. The van der Waals surface area contributed by atoms with Crippen molar-refractivity contribution in [1.29, 1.82) is 0 Å². The summed E-state index contributed by atoms with van der Waals surface area (Å²) in [6, 6.07) is 5.07. The Balaban J connectivity index is 2.39. The van der Waals surface area contributed by atoms with E-state index in [2.05, 4.69) is 10.3 Å². The predicted molar refractivity (Wildman–Crippen MR) is 103 cm³/mol. The molecule has 0 radical (unpaired) electrons. The van der Waals surface area contributed by atoms with E-state index in [-0.39, 0.29) is 10.8 Å². The fourth-order valence-corrected chi connectivity index (χ4v) is 4.57. The third-order valence-electron chi connectivity index (χ3n) is 4.41. The van der Waals surface area contributed by atoms with Crippen molar-refractivity contribution in [3.8, 4) is 0 Å². The second-order valence-corrected chi connectivity index (χ2v) is 7.90. The number of carbonyl (C=O) groups excluding carboxylic acids is 1. The number of fused-ring (bicyclic) bond motifs is 1. The normalized spacial score (nSPS) is 12.0. The lowest BCUT2D eigenvalue weighted by Crippen LogP contribution is -2.30. The van der Waals surface area contributed by atoms with E-state index >= 15 is 0 Å². The van der Waals surface area contributed by atoms with Crippen LogP contribution in [0, 0.1) is 0 Å². The molecule has 0 atom stereocenters. The third kappa shape index (κ3) is 4.07. The molecule has 2 aromatic rings. The first-order chi connectivity index (χ1) is 12.4. The molecule has 0 fully saturated rings. The van der Waals surface area contributed by atoms with Crippen LogP contribution in [-0.4, -0.2) is 47.8 Å². The number of aryl methyl sites for hydroxylation is 2. The van der Waals surface area contributed by atoms with E-state index in [0.29, 0.717) is 44.5 Å². The number of rotatable bonds is 9. The van der Waals surface area contributed by atoms with E-state index in [1.54, 1.807) is 18.2 Å². The van der Waals surface area contributed by atoms with Gasteiger partial charge in [0.15, 0.2) is 0 Å². The molecule has 0 saturated heterocycles. The monoisotopic (exact) mass is 380 g/mol. The molecule has 26 heavy (non-hydrogen) atoms. The van der Waals surface area contributed by atoms with Gasteiger partial charge in [0, 0.05) is 39.0 Å². The van der Waals surface area contributed by atoms with Crippen LogP contribution in [0.1, 0.15) is 39.9 Å². The molecule has 1 heterocycles. The second kappa shape index (κ2) is 8.64. The molecule has 1 N–H and O–H groups in total. The molecule has 0 bridgehead atoms. The molecule has 7 nitrogen and oxygen atoms in total. The molecule has 0 aliphatic carbocycles. The molecule has 0 saturated carbocycles. The van der Waals surface area contributed by atoms with Gasteiger partial charge in [-0.2, -0.15) is 4.31 Å².